The molecule has 0 saturated heterocycles. The van der Waals surface area contributed by atoms with Gasteiger partial charge in [0.05, 0.1) is 28.8 Å². The molecule has 0 bridgehead atoms. The Labute approximate surface area is 267 Å². The van der Waals surface area contributed by atoms with Gasteiger partial charge in [0, 0.05) is 6.07 Å². The third kappa shape index (κ3) is 11.7. The summed E-state index contributed by atoms with van der Waals surface area (Å²) in [6.45, 7) is 6.76. The smallest absolute Gasteiger partial charge is 0.343 e. The van der Waals surface area contributed by atoms with E-state index in [-0.39, 0.29) is 29.1 Å². The molecule has 0 fully saturated rings. The van der Waals surface area contributed by atoms with E-state index in [1.165, 1.54) is 43.9 Å². The molecule has 0 aliphatic rings. The van der Waals surface area contributed by atoms with Crippen molar-refractivity contribution in [1.29, 1.82) is 0 Å². The largest absolute Gasteiger partial charge is 0.484 e. The van der Waals surface area contributed by atoms with Crippen molar-refractivity contribution in [2.45, 2.75) is 104 Å². The third-order valence-corrected chi connectivity index (χ3v) is 7.77. The second kappa shape index (κ2) is 19.2. The summed E-state index contributed by atoms with van der Waals surface area (Å²) in [6, 6.07) is 18.3. The quantitative estimate of drug-likeness (QED) is 0.0408. The van der Waals surface area contributed by atoms with Crippen molar-refractivity contribution >= 4 is 17.6 Å². The first-order valence-corrected chi connectivity index (χ1v) is 16.4. The number of carbonyl (C=O) groups excluding carboxylic acids is 2. The number of nitro benzene ring substituents is 1. The molecule has 0 saturated carbocycles. The SMILES string of the molecule is CCCCCCCCOC(=O)c1ccc(-c2ccc(OC(=O)c3ccc(O[C@H](CC)CCCCCC)c([N+](=O)[O-])c3)cc2)cc1. The molecule has 0 N–H and O–H groups in total. The monoisotopic (exact) mass is 617 g/mol. The number of benzene rings is 3. The van der Waals surface area contributed by atoms with Crippen LogP contribution in [0.25, 0.3) is 11.1 Å². The van der Waals surface area contributed by atoms with Crippen LogP contribution in [0.1, 0.15) is 119 Å². The van der Waals surface area contributed by atoms with Gasteiger partial charge in [-0.15, -0.1) is 0 Å². The zero-order valence-electron chi connectivity index (χ0n) is 26.9. The number of esters is 2. The van der Waals surface area contributed by atoms with Gasteiger partial charge in [0.15, 0.2) is 5.75 Å². The van der Waals surface area contributed by atoms with Crippen molar-refractivity contribution in [2.24, 2.45) is 0 Å². The average Bonchev–Trinajstić information content (AvgIpc) is 3.06. The van der Waals surface area contributed by atoms with Crippen LogP contribution in [0.5, 0.6) is 11.5 Å². The highest BCUT2D eigenvalue weighted by atomic mass is 16.6. The number of hydrogen-bond donors (Lipinski definition) is 0. The molecule has 0 radical (unpaired) electrons. The van der Waals surface area contributed by atoms with E-state index in [0.717, 1.165) is 62.5 Å². The van der Waals surface area contributed by atoms with E-state index in [9.17, 15) is 19.7 Å². The van der Waals surface area contributed by atoms with E-state index >= 15 is 0 Å². The van der Waals surface area contributed by atoms with Crippen molar-refractivity contribution in [3.63, 3.8) is 0 Å². The van der Waals surface area contributed by atoms with E-state index in [2.05, 4.69) is 13.8 Å². The Morgan fingerprint density at radius 1 is 0.711 bits per heavy atom. The number of carbonyl (C=O) groups is 2. The Morgan fingerprint density at radius 2 is 1.29 bits per heavy atom. The van der Waals surface area contributed by atoms with Gasteiger partial charge in [-0.3, -0.25) is 10.1 Å². The minimum Gasteiger partial charge on any atom is -0.484 e. The first-order valence-electron chi connectivity index (χ1n) is 16.4. The Morgan fingerprint density at radius 3 is 1.91 bits per heavy atom. The summed E-state index contributed by atoms with van der Waals surface area (Å²) in [5.41, 5.74) is 2.06. The number of hydrogen-bond acceptors (Lipinski definition) is 7. The molecule has 0 spiro atoms. The second-order valence-corrected chi connectivity index (χ2v) is 11.3. The van der Waals surface area contributed by atoms with E-state index < -0.39 is 10.9 Å². The standard InChI is InChI=1S/C37H47NO7/c1-4-7-9-11-12-14-26-43-36(39)30-18-16-28(17-19-30)29-20-23-33(24-21-29)45-37(40)31-22-25-35(34(27-31)38(41)42)44-32(6-3)15-13-10-8-5-2/h16-25,27,32H,4-15,26H2,1-3H3/t32-/m1/s1. The summed E-state index contributed by atoms with van der Waals surface area (Å²) in [5.74, 6) is -0.572. The lowest BCUT2D eigenvalue weighted by atomic mass is 10.0. The van der Waals surface area contributed by atoms with Gasteiger partial charge in [0.1, 0.15) is 5.75 Å². The second-order valence-electron chi connectivity index (χ2n) is 11.3. The topological polar surface area (TPSA) is 105 Å². The van der Waals surface area contributed by atoms with E-state index in [4.69, 9.17) is 14.2 Å². The van der Waals surface area contributed by atoms with Crippen LogP contribution >= 0.6 is 0 Å². The molecule has 3 rings (SSSR count). The molecule has 0 aromatic heterocycles. The molecule has 0 aliphatic carbocycles. The van der Waals surface area contributed by atoms with Crippen LogP contribution in [0, 0.1) is 10.1 Å². The first kappa shape index (κ1) is 35.3. The molecule has 3 aromatic carbocycles. The van der Waals surface area contributed by atoms with Gasteiger partial charge in [-0.05, 0) is 73.2 Å². The highest BCUT2D eigenvalue weighted by Crippen LogP contribution is 2.31. The van der Waals surface area contributed by atoms with Crippen molar-refractivity contribution in [1.82, 2.24) is 0 Å². The van der Waals surface area contributed by atoms with Gasteiger partial charge in [0.25, 0.3) is 0 Å². The van der Waals surface area contributed by atoms with Crippen LogP contribution in [-0.4, -0.2) is 29.6 Å². The normalized spacial score (nSPS) is 11.5. The van der Waals surface area contributed by atoms with Gasteiger partial charge in [0.2, 0.25) is 0 Å². The molecule has 0 amide bonds. The van der Waals surface area contributed by atoms with Gasteiger partial charge >= 0.3 is 17.6 Å². The van der Waals surface area contributed by atoms with E-state index in [1.807, 2.05) is 19.1 Å². The predicted octanol–water partition coefficient (Wildman–Crippen LogP) is 10.1. The van der Waals surface area contributed by atoms with Crippen molar-refractivity contribution in [2.75, 3.05) is 6.61 Å². The maximum atomic E-state index is 12.9. The Hall–Kier alpha value is -4.20. The van der Waals surface area contributed by atoms with Gasteiger partial charge in [-0.25, -0.2) is 9.59 Å². The van der Waals surface area contributed by atoms with Crippen molar-refractivity contribution < 1.29 is 28.7 Å². The molecule has 8 heteroatoms. The lowest BCUT2D eigenvalue weighted by Gasteiger charge is -2.17. The molecule has 0 unspecified atom stereocenters. The highest BCUT2D eigenvalue weighted by Gasteiger charge is 2.22. The zero-order chi connectivity index (χ0) is 32.4. The third-order valence-electron chi connectivity index (χ3n) is 7.77. The lowest BCUT2D eigenvalue weighted by Crippen LogP contribution is -2.16. The van der Waals surface area contributed by atoms with Crippen molar-refractivity contribution in [3.05, 3.63) is 88.0 Å². The van der Waals surface area contributed by atoms with Crippen LogP contribution in [0.15, 0.2) is 66.7 Å². The van der Waals surface area contributed by atoms with Gasteiger partial charge < -0.3 is 14.2 Å². The Balaban J connectivity index is 1.56. The first-order chi connectivity index (χ1) is 21.9. The van der Waals surface area contributed by atoms with Gasteiger partial charge in [-0.1, -0.05) is 96.4 Å². The Kier molecular flexibility index (Phi) is 15.1. The van der Waals surface area contributed by atoms with Crippen LogP contribution in [-0.2, 0) is 4.74 Å². The van der Waals surface area contributed by atoms with Crippen LogP contribution in [0.3, 0.4) is 0 Å². The summed E-state index contributed by atoms with van der Waals surface area (Å²) in [7, 11) is 0. The molecule has 0 aliphatic heterocycles. The average molecular weight is 618 g/mol. The molecular formula is C37H47NO7. The van der Waals surface area contributed by atoms with E-state index in [1.54, 1.807) is 36.4 Å². The summed E-state index contributed by atoms with van der Waals surface area (Å²) < 4.78 is 16.9. The molecule has 0 heterocycles. The fourth-order valence-corrected chi connectivity index (χ4v) is 5.02. The Bertz CT molecular complexity index is 1350. The minimum atomic E-state index is -0.701. The minimum absolute atomic E-state index is 0.0630. The van der Waals surface area contributed by atoms with E-state index in [0.29, 0.717) is 17.9 Å². The van der Waals surface area contributed by atoms with Gasteiger partial charge in [-0.2, -0.15) is 0 Å². The maximum Gasteiger partial charge on any atom is 0.343 e. The van der Waals surface area contributed by atoms with Crippen LogP contribution in [0.2, 0.25) is 0 Å². The predicted molar refractivity (Wildman–Crippen MR) is 177 cm³/mol. The lowest BCUT2D eigenvalue weighted by molar-refractivity contribution is -0.386. The maximum absolute atomic E-state index is 12.9. The number of unbranched alkanes of at least 4 members (excludes halogenated alkanes) is 8. The molecular weight excluding hydrogens is 570 g/mol. The summed E-state index contributed by atoms with van der Waals surface area (Å²) >= 11 is 0. The summed E-state index contributed by atoms with van der Waals surface area (Å²) in [5, 5.41) is 11.8. The van der Waals surface area contributed by atoms with Crippen LogP contribution < -0.4 is 9.47 Å². The van der Waals surface area contributed by atoms with Crippen LogP contribution in [0.4, 0.5) is 5.69 Å². The fourth-order valence-electron chi connectivity index (χ4n) is 5.02. The molecule has 8 nitrogen and oxygen atoms in total. The summed E-state index contributed by atoms with van der Waals surface area (Å²) in [6.07, 6.45) is 12.6. The number of nitrogens with zero attached hydrogens (tertiary/aromatic N) is 1. The zero-order valence-corrected chi connectivity index (χ0v) is 26.9. The molecule has 3 aromatic rings. The number of rotatable bonds is 20. The number of nitro groups is 1. The van der Waals surface area contributed by atoms with Crippen molar-refractivity contribution in [3.8, 4) is 22.6 Å². The molecule has 242 valence electrons. The number of ether oxygens (including phenoxy) is 3. The molecule has 45 heavy (non-hydrogen) atoms. The summed E-state index contributed by atoms with van der Waals surface area (Å²) in [4.78, 5) is 36.5. The fraction of sp³-hybridized carbons (Fsp3) is 0.459. The molecule has 1 atom stereocenters. The highest BCUT2D eigenvalue weighted by molar-refractivity contribution is 5.92.